The average molecular weight is 462 g/mol. The van der Waals surface area contributed by atoms with Crippen LogP contribution in [0.5, 0.6) is 0 Å². The Morgan fingerprint density at radius 1 is 1.06 bits per heavy atom. The van der Waals surface area contributed by atoms with Crippen LogP contribution in [0.4, 0.5) is 10.1 Å². The summed E-state index contributed by atoms with van der Waals surface area (Å²) in [5.41, 5.74) is 2.67. The number of carboxylic acid groups (broad SMARTS) is 1. The van der Waals surface area contributed by atoms with Crippen molar-refractivity contribution in [3.63, 3.8) is 0 Å². The van der Waals surface area contributed by atoms with E-state index in [1.165, 1.54) is 36.4 Å². The van der Waals surface area contributed by atoms with Crippen LogP contribution in [0.1, 0.15) is 27.3 Å². The van der Waals surface area contributed by atoms with Crippen molar-refractivity contribution < 1.29 is 23.9 Å². The Morgan fingerprint density at radius 2 is 1.76 bits per heavy atom. The fourth-order valence-corrected chi connectivity index (χ4v) is 4.05. The van der Waals surface area contributed by atoms with E-state index in [9.17, 15) is 23.9 Å². The summed E-state index contributed by atoms with van der Waals surface area (Å²) in [6.07, 6.45) is 1.44. The number of carbonyl (C=O) groups is 3. The van der Waals surface area contributed by atoms with Gasteiger partial charge in [0.15, 0.2) is 5.11 Å². The van der Waals surface area contributed by atoms with Crippen molar-refractivity contribution >= 4 is 46.9 Å². The number of aromatic carboxylic acids is 1. The van der Waals surface area contributed by atoms with Crippen LogP contribution in [-0.2, 0) is 9.59 Å². The van der Waals surface area contributed by atoms with Crippen molar-refractivity contribution in [2.75, 3.05) is 4.90 Å². The number of carbonyl (C=O) groups excluding carboxylic acids is 3. The first kappa shape index (κ1) is 22.1. The number of amides is 2. The lowest BCUT2D eigenvalue weighted by molar-refractivity contribution is -0.255. The number of rotatable bonds is 4. The lowest BCUT2D eigenvalue weighted by Gasteiger charge is -2.28. The molecule has 2 aromatic carbocycles. The number of nitrogens with one attached hydrogen (secondary N) is 1. The first-order valence-electron chi connectivity index (χ1n) is 9.85. The van der Waals surface area contributed by atoms with Crippen LogP contribution >= 0.6 is 12.2 Å². The molecular weight excluding hydrogens is 445 g/mol. The van der Waals surface area contributed by atoms with Crippen LogP contribution in [0.3, 0.4) is 0 Å². The minimum Gasteiger partial charge on any atom is -0.545 e. The molecule has 2 amide bonds. The third-order valence-corrected chi connectivity index (χ3v) is 5.56. The van der Waals surface area contributed by atoms with Gasteiger partial charge in [-0.1, -0.05) is 18.2 Å². The SMILES string of the molecule is Cc1cc(/C=C2\C(=O)NC(=S)N(c3cccc(F)c3)C2=O)c(C)n1-c1cccc(C(=O)[O-])c1. The van der Waals surface area contributed by atoms with Gasteiger partial charge in [0.05, 0.1) is 11.7 Å². The van der Waals surface area contributed by atoms with E-state index < -0.39 is 23.6 Å². The number of halogens is 1. The highest BCUT2D eigenvalue weighted by Gasteiger charge is 2.34. The van der Waals surface area contributed by atoms with Gasteiger partial charge < -0.3 is 14.5 Å². The van der Waals surface area contributed by atoms with Crippen LogP contribution in [0, 0.1) is 19.7 Å². The molecule has 1 aromatic heterocycles. The van der Waals surface area contributed by atoms with Gasteiger partial charge in [-0.3, -0.25) is 19.8 Å². The highest BCUT2D eigenvalue weighted by molar-refractivity contribution is 7.80. The van der Waals surface area contributed by atoms with Crippen LogP contribution < -0.4 is 15.3 Å². The van der Waals surface area contributed by atoms with Gasteiger partial charge in [-0.15, -0.1) is 0 Å². The molecule has 7 nitrogen and oxygen atoms in total. The molecule has 166 valence electrons. The third-order valence-electron chi connectivity index (χ3n) is 5.28. The second-order valence-electron chi connectivity index (χ2n) is 7.44. The molecule has 1 saturated heterocycles. The average Bonchev–Trinajstić information content (AvgIpc) is 3.04. The number of benzene rings is 2. The topological polar surface area (TPSA) is 94.5 Å². The highest BCUT2D eigenvalue weighted by atomic mass is 32.1. The summed E-state index contributed by atoms with van der Waals surface area (Å²) in [4.78, 5) is 38.1. The summed E-state index contributed by atoms with van der Waals surface area (Å²) < 4.78 is 15.5. The zero-order valence-electron chi connectivity index (χ0n) is 17.6. The maximum absolute atomic E-state index is 13.7. The van der Waals surface area contributed by atoms with Gasteiger partial charge in [0.1, 0.15) is 11.4 Å². The van der Waals surface area contributed by atoms with Gasteiger partial charge in [0, 0.05) is 17.1 Å². The van der Waals surface area contributed by atoms with Crippen molar-refractivity contribution in [3.05, 3.63) is 88.5 Å². The lowest BCUT2D eigenvalue weighted by atomic mass is 10.1. The Balaban J connectivity index is 1.77. The van der Waals surface area contributed by atoms with Crippen LogP contribution in [0.2, 0.25) is 0 Å². The Hall–Kier alpha value is -4.11. The minimum atomic E-state index is -1.29. The normalized spacial score (nSPS) is 15.2. The summed E-state index contributed by atoms with van der Waals surface area (Å²) in [5, 5.41) is 13.6. The van der Waals surface area contributed by atoms with Crippen LogP contribution in [0.15, 0.2) is 60.2 Å². The predicted octanol–water partition coefficient (Wildman–Crippen LogP) is 2.43. The molecule has 1 aliphatic heterocycles. The number of hydrogen-bond acceptors (Lipinski definition) is 5. The van der Waals surface area contributed by atoms with Gasteiger partial charge >= 0.3 is 0 Å². The van der Waals surface area contributed by atoms with E-state index in [1.54, 1.807) is 29.7 Å². The smallest absolute Gasteiger partial charge is 0.270 e. The first-order chi connectivity index (χ1) is 15.7. The number of anilines is 1. The molecule has 0 atom stereocenters. The van der Waals surface area contributed by atoms with E-state index in [0.29, 0.717) is 16.9 Å². The molecule has 1 aliphatic rings. The standard InChI is InChI=1S/C24H18FN3O4S/c1-13-9-16(14(2)27(13)18-7-3-5-15(10-18)23(31)32)11-20-21(29)26-24(33)28(22(20)30)19-8-4-6-17(25)12-19/h3-12H,1-2H3,(H,31,32)(H,26,29,33)/p-1/b20-11+. The Morgan fingerprint density at radius 3 is 2.45 bits per heavy atom. The van der Waals surface area contributed by atoms with Crippen molar-refractivity contribution in [3.8, 4) is 5.69 Å². The zero-order chi connectivity index (χ0) is 23.9. The molecule has 0 bridgehead atoms. The van der Waals surface area contributed by atoms with E-state index in [4.69, 9.17) is 12.2 Å². The fourth-order valence-electron chi connectivity index (χ4n) is 3.77. The van der Waals surface area contributed by atoms with Gasteiger partial charge in [-0.05, 0) is 79.7 Å². The van der Waals surface area contributed by atoms with Gasteiger partial charge in [0.25, 0.3) is 11.8 Å². The number of nitrogens with zero attached hydrogens (tertiary/aromatic N) is 2. The van der Waals surface area contributed by atoms with E-state index >= 15 is 0 Å². The predicted molar refractivity (Wildman–Crippen MR) is 122 cm³/mol. The summed E-state index contributed by atoms with van der Waals surface area (Å²) in [7, 11) is 0. The molecule has 1 N–H and O–H groups in total. The summed E-state index contributed by atoms with van der Waals surface area (Å²) in [6.45, 7) is 3.60. The van der Waals surface area contributed by atoms with Crippen molar-refractivity contribution in [1.29, 1.82) is 0 Å². The number of aromatic nitrogens is 1. The van der Waals surface area contributed by atoms with Crippen LogP contribution in [-0.4, -0.2) is 27.5 Å². The van der Waals surface area contributed by atoms with Gasteiger partial charge in [-0.25, -0.2) is 4.39 Å². The van der Waals surface area contributed by atoms with E-state index in [0.717, 1.165) is 16.7 Å². The maximum Gasteiger partial charge on any atom is 0.270 e. The summed E-state index contributed by atoms with van der Waals surface area (Å²) in [6, 6.07) is 13.4. The van der Waals surface area contributed by atoms with Crippen molar-refractivity contribution in [2.24, 2.45) is 0 Å². The Kier molecular flexibility index (Phi) is 5.65. The number of thiocarbonyl (C=S) groups is 1. The second-order valence-corrected chi connectivity index (χ2v) is 7.82. The molecule has 3 aromatic rings. The Labute approximate surface area is 193 Å². The third kappa shape index (κ3) is 4.06. The quantitative estimate of drug-likeness (QED) is 0.365. The monoisotopic (exact) mass is 462 g/mol. The van der Waals surface area contributed by atoms with Crippen molar-refractivity contribution in [1.82, 2.24) is 9.88 Å². The van der Waals surface area contributed by atoms with Gasteiger partial charge in [-0.2, -0.15) is 0 Å². The molecule has 33 heavy (non-hydrogen) atoms. The van der Waals surface area contributed by atoms with Gasteiger partial charge in [0.2, 0.25) is 0 Å². The minimum absolute atomic E-state index is 0.0287. The molecule has 2 heterocycles. The molecular formula is C24H17FN3O4S-. The molecule has 4 rings (SSSR count). The van der Waals surface area contributed by atoms with E-state index in [1.807, 2.05) is 6.92 Å². The maximum atomic E-state index is 13.7. The number of hydrogen-bond donors (Lipinski definition) is 1. The summed E-state index contributed by atoms with van der Waals surface area (Å²) >= 11 is 5.14. The molecule has 0 radical (unpaired) electrons. The van der Waals surface area contributed by atoms with E-state index in [-0.39, 0.29) is 21.9 Å². The highest BCUT2D eigenvalue weighted by Crippen LogP contribution is 2.26. The largest absolute Gasteiger partial charge is 0.545 e. The second kappa shape index (κ2) is 8.44. The Bertz CT molecular complexity index is 1380. The van der Waals surface area contributed by atoms with Crippen LogP contribution in [0.25, 0.3) is 11.8 Å². The molecule has 0 spiro atoms. The zero-order valence-corrected chi connectivity index (χ0v) is 18.4. The molecule has 0 saturated carbocycles. The molecule has 9 heteroatoms. The summed E-state index contributed by atoms with van der Waals surface area (Å²) in [5.74, 6) is -3.19. The molecule has 1 fully saturated rings. The lowest BCUT2D eigenvalue weighted by Crippen LogP contribution is -2.54. The molecule has 0 unspecified atom stereocenters. The number of carboxylic acids is 1. The number of aryl methyl sites for hydroxylation is 1. The first-order valence-corrected chi connectivity index (χ1v) is 10.3. The van der Waals surface area contributed by atoms with E-state index in [2.05, 4.69) is 5.32 Å². The molecule has 0 aliphatic carbocycles. The fraction of sp³-hybridized carbons (Fsp3) is 0.0833. The van der Waals surface area contributed by atoms with Crippen molar-refractivity contribution in [2.45, 2.75) is 13.8 Å².